The zero-order valence-electron chi connectivity index (χ0n) is 20.9. The van der Waals surface area contributed by atoms with E-state index in [1.54, 1.807) is 47.2 Å². The maximum atomic E-state index is 13.6. The number of nitrogens with zero attached hydrogens (tertiary/aromatic N) is 3. The molecule has 2 amide bonds. The second kappa shape index (κ2) is 9.70. The number of carbonyl (C=O) groups is 2. The van der Waals surface area contributed by atoms with Gasteiger partial charge in [0.2, 0.25) is 0 Å². The van der Waals surface area contributed by atoms with E-state index >= 15 is 0 Å². The Hall–Kier alpha value is -3.59. The van der Waals surface area contributed by atoms with Crippen molar-refractivity contribution in [2.75, 3.05) is 39.4 Å². The molecule has 2 aromatic rings. The first-order chi connectivity index (χ1) is 17.6. The highest BCUT2D eigenvalue weighted by Gasteiger charge is 2.40. The first-order valence-electron chi connectivity index (χ1n) is 12.1. The van der Waals surface area contributed by atoms with E-state index in [-0.39, 0.29) is 23.5 Å². The molecule has 3 aliphatic rings. The minimum atomic E-state index is -0.634. The van der Waals surface area contributed by atoms with Gasteiger partial charge in [-0.3, -0.25) is 14.6 Å². The molecule has 0 saturated carbocycles. The fourth-order valence-corrected chi connectivity index (χ4v) is 5.07. The number of fused-ring (bicyclic) bond motifs is 1. The lowest BCUT2D eigenvalue weighted by molar-refractivity contribution is -0.132. The highest BCUT2D eigenvalue weighted by molar-refractivity contribution is 6.38. The van der Waals surface area contributed by atoms with Gasteiger partial charge >= 0.3 is 0 Å². The van der Waals surface area contributed by atoms with Crippen LogP contribution in [0.15, 0.2) is 41.5 Å². The van der Waals surface area contributed by atoms with Crippen LogP contribution in [0.5, 0.6) is 11.5 Å². The Morgan fingerprint density at radius 3 is 2.59 bits per heavy atom. The number of amides is 2. The minimum Gasteiger partial charge on any atom is -0.486 e. The Morgan fingerprint density at radius 1 is 1.11 bits per heavy atom. The van der Waals surface area contributed by atoms with Crippen molar-refractivity contribution < 1.29 is 23.5 Å². The van der Waals surface area contributed by atoms with Crippen LogP contribution >= 0.6 is 11.6 Å². The number of halogens is 2. The number of benzene rings is 2. The van der Waals surface area contributed by atoms with E-state index in [2.05, 4.69) is 10.3 Å². The standard InChI is InChI=1S/C27H28ClFN4O4/c1-16-10-17(4-5-21(16)29)19-13-30-24(31-14-19)26(35)33-7-6-32(15-27(33,2)3)25(34)18-11-20(28)23-22(12-18)36-8-9-37-23/h4-5,10-13H,6-9,14-15H2,1-3H3,(H,30,31). The summed E-state index contributed by atoms with van der Waals surface area (Å²) in [7, 11) is 0. The normalized spacial score (nSPS) is 18.5. The summed E-state index contributed by atoms with van der Waals surface area (Å²) in [6.07, 6.45) is 1.74. The molecule has 194 valence electrons. The van der Waals surface area contributed by atoms with E-state index in [4.69, 9.17) is 21.1 Å². The number of nitrogens with one attached hydrogen (secondary N) is 1. The molecule has 8 nitrogen and oxygen atoms in total. The SMILES string of the molecule is Cc1cc(C2=CNC(C(=O)N3CCN(C(=O)c4cc(Cl)c5c(c4)OCCO5)CC3(C)C)=NC2)ccc1F. The van der Waals surface area contributed by atoms with Crippen molar-refractivity contribution in [3.05, 3.63) is 64.1 Å². The van der Waals surface area contributed by atoms with Crippen LogP contribution < -0.4 is 14.8 Å². The van der Waals surface area contributed by atoms with E-state index in [9.17, 15) is 14.0 Å². The van der Waals surface area contributed by atoms with Crippen LogP contribution in [-0.2, 0) is 4.79 Å². The van der Waals surface area contributed by atoms with E-state index in [0.717, 1.165) is 11.1 Å². The summed E-state index contributed by atoms with van der Waals surface area (Å²) in [6.45, 7) is 7.73. The number of piperazine rings is 1. The van der Waals surface area contributed by atoms with Crippen LogP contribution in [0.2, 0.25) is 5.02 Å². The molecular formula is C27H28ClFN4O4. The second-order valence-electron chi connectivity index (χ2n) is 9.92. The molecule has 0 aromatic heterocycles. The number of ether oxygens (including phenoxy) is 2. The number of amidine groups is 1. The summed E-state index contributed by atoms with van der Waals surface area (Å²) >= 11 is 6.33. The summed E-state index contributed by atoms with van der Waals surface area (Å²) in [5.41, 5.74) is 2.06. The molecular weight excluding hydrogens is 499 g/mol. The Bertz CT molecular complexity index is 1340. The molecule has 1 saturated heterocycles. The van der Waals surface area contributed by atoms with Crippen LogP contribution in [0.25, 0.3) is 5.57 Å². The number of aliphatic imine (C=N–C) groups is 1. The molecule has 5 rings (SSSR count). The van der Waals surface area contributed by atoms with Gasteiger partial charge < -0.3 is 24.6 Å². The van der Waals surface area contributed by atoms with Gasteiger partial charge in [-0.15, -0.1) is 0 Å². The van der Waals surface area contributed by atoms with Gasteiger partial charge in [0.05, 0.1) is 17.1 Å². The largest absolute Gasteiger partial charge is 0.486 e. The fourth-order valence-electron chi connectivity index (χ4n) is 4.81. The fraction of sp³-hybridized carbons (Fsp3) is 0.370. The lowest BCUT2D eigenvalue weighted by Gasteiger charge is -2.47. The number of carbonyl (C=O) groups excluding carboxylic acids is 2. The highest BCUT2D eigenvalue weighted by Crippen LogP contribution is 2.39. The van der Waals surface area contributed by atoms with Gasteiger partial charge in [-0.05, 0) is 61.7 Å². The maximum absolute atomic E-state index is 13.6. The van der Waals surface area contributed by atoms with E-state index in [1.165, 1.54) is 6.07 Å². The van der Waals surface area contributed by atoms with Gasteiger partial charge in [0.15, 0.2) is 17.3 Å². The molecule has 0 atom stereocenters. The maximum Gasteiger partial charge on any atom is 0.289 e. The third-order valence-electron chi connectivity index (χ3n) is 6.80. The van der Waals surface area contributed by atoms with Gasteiger partial charge in [-0.2, -0.15) is 0 Å². The zero-order valence-corrected chi connectivity index (χ0v) is 21.7. The monoisotopic (exact) mass is 526 g/mol. The molecule has 1 N–H and O–H groups in total. The summed E-state index contributed by atoms with van der Waals surface area (Å²) in [5.74, 6) is 0.477. The summed E-state index contributed by atoms with van der Waals surface area (Å²) < 4.78 is 24.8. The van der Waals surface area contributed by atoms with Crippen LogP contribution in [0.3, 0.4) is 0 Å². The molecule has 2 aromatic carbocycles. The van der Waals surface area contributed by atoms with Crippen molar-refractivity contribution in [3.8, 4) is 11.5 Å². The predicted molar refractivity (Wildman–Crippen MR) is 139 cm³/mol. The van der Waals surface area contributed by atoms with Crippen molar-refractivity contribution in [3.63, 3.8) is 0 Å². The molecule has 1 fully saturated rings. The molecule has 0 spiro atoms. The molecule has 37 heavy (non-hydrogen) atoms. The van der Waals surface area contributed by atoms with Crippen LogP contribution in [0.4, 0.5) is 4.39 Å². The predicted octanol–water partition coefficient (Wildman–Crippen LogP) is 3.66. The van der Waals surface area contributed by atoms with Gasteiger partial charge in [0.1, 0.15) is 19.0 Å². The van der Waals surface area contributed by atoms with Gasteiger partial charge in [-0.1, -0.05) is 17.7 Å². The molecule has 0 bridgehead atoms. The Kier molecular flexibility index (Phi) is 6.58. The molecule has 10 heteroatoms. The third-order valence-corrected chi connectivity index (χ3v) is 7.08. The number of aryl methyl sites for hydroxylation is 1. The zero-order chi connectivity index (χ0) is 26.3. The number of rotatable bonds is 3. The summed E-state index contributed by atoms with van der Waals surface area (Å²) in [4.78, 5) is 34.6. The minimum absolute atomic E-state index is 0.186. The highest BCUT2D eigenvalue weighted by atomic mass is 35.5. The summed E-state index contributed by atoms with van der Waals surface area (Å²) in [6, 6.07) is 8.14. The van der Waals surface area contributed by atoms with Crippen molar-refractivity contribution in [1.29, 1.82) is 0 Å². The molecule has 3 heterocycles. The average molecular weight is 527 g/mol. The molecule has 0 unspecified atom stereocenters. The third kappa shape index (κ3) is 4.87. The average Bonchev–Trinajstić information content (AvgIpc) is 2.89. The summed E-state index contributed by atoms with van der Waals surface area (Å²) in [5, 5.41) is 3.35. The van der Waals surface area contributed by atoms with E-state index in [0.29, 0.717) is 67.0 Å². The van der Waals surface area contributed by atoms with Crippen LogP contribution in [-0.4, -0.2) is 72.4 Å². The van der Waals surface area contributed by atoms with Crippen molar-refractivity contribution in [2.45, 2.75) is 26.3 Å². The van der Waals surface area contributed by atoms with Crippen LogP contribution in [0.1, 0.15) is 35.3 Å². The topological polar surface area (TPSA) is 83.5 Å². The molecule has 0 aliphatic carbocycles. The smallest absolute Gasteiger partial charge is 0.289 e. The first-order valence-corrected chi connectivity index (χ1v) is 12.5. The lowest BCUT2D eigenvalue weighted by atomic mass is 9.97. The van der Waals surface area contributed by atoms with Crippen molar-refractivity contribution >= 4 is 34.8 Å². The van der Waals surface area contributed by atoms with Crippen molar-refractivity contribution in [1.82, 2.24) is 15.1 Å². The Balaban J connectivity index is 1.25. The van der Waals surface area contributed by atoms with Crippen LogP contribution in [0, 0.1) is 12.7 Å². The Labute approximate surface area is 219 Å². The lowest BCUT2D eigenvalue weighted by Crippen LogP contribution is -2.64. The number of hydrogen-bond donors (Lipinski definition) is 1. The van der Waals surface area contributed by atoms with Gasteiger partial charge in [0, 0.05) is 31.4 Å². The van der Waals surface area contributed by atoms with Crippen molar-refractivity contribution in [2.24, 2.45) is 4.99 Å². The second-order valence-corrected chi connectivity index (χ2v) is 10.3. The molecule has 0 radical (unpaired) electrons. The first kappa shape index (κ1) is 25.1. The van der Waals surface area contributed by atoms with Gasteiger partial charge in [0.25, 0.3) is 11.8 Å². The quantitative estimate of drug-likeness (QED) is 0.660. The molecule has 3 aliphatic heterocycles. The van der Waals surface area contributed by atoms with Gasteiger partial charge in [-0.25, -0.2) is 4.39 Å². The van der Waals surface area contributed by atoms with E-state index < -0.39 is 5.54 Å². The van der Waals surface area contributed by atoms with E-state index in [1.807, 2.05) is 13.8 Å². The Morgan fingerprint density at radius 2 is 1.89 bits per heavy atom. The number of hydrogen-bond acceptors (Lipinski definition) is 6.